The van der Waals surface area contributed by atoms with Gasteiger partial charge in [-0.1, -0.05) is 7.43 Å². The minimum absolute atomic E-state index is 0. The van der Waals surface area contributed by atoms with E-state index in [0.29, 0.717) is 38.9 Å². The monoisotopic (exact) mass is 756 g/mol. The number of rotatable bonds is 16. The molecule has 0 amide bonds. The summed E-state index contributed by atoms with van der Waals surface area (Å²) in [6, 6.07) is -1.51. The Morgan fingerprint density at radius 2 is 1.00 bits per heavy atom. The molecule has 13 nitrogen and oxygen atoms in total. The van der Waals surface area contributed by atoms with Gasteiger partial charge in [0.15, 0.2) is 0 Å². The molecule has 0 saturated carbocycles. The average molecular weight is 756 g/mol. The Labute approximate surface area is 319 Å². The lowest BCUT2D eigenvalue weighted by Gasteiger charge is -2.26. The quantitative estimate of drug-likeness (QED) is 0.176. The van der Waals surface area contributed by atoms with Crippen molar-refractivity contribution in [2.45, 2.75) is 186 Å². The molecule has 4 aliphatic rings. The van der Waals surface area contributed by atoms with Crippen LogP contribution in [0.5, 0.6) is 0 Å². The minimum Gasteiger partial charge on any atom is -0.394 e. The third kappa shape index (κ3) is 19.2. The summed E-state index contributed by atoms with van der Waals surface area (Å²) in [5.41, 5.74) is 0. The summed E-state index contributed by atoms with van der Waals surface area (Å²) in [5.74, 6) is 0. The van der Waals surface area contributed by atoms with Gasteiger partial charge in [0.2, 0.25) is 0 Å². The summed E-state index contributed by atoms with van der Waals surface area (Å²) in [7, 11) is 19.4. The van der Waals surface area contributed by atoms with Gasteiger partial charge in [-0.3, -0.25) is 4.57 Å². The van der Waals surface area contributed by atoms with Crippen molar-refractivity contribution in [3.8, 4) is 0 Å². The molecule has 0 aliphatic carbocycles. The molecule has 52 heavy (non-hydrogen) atoms. The topological polar surface area (TPSA) is 150 Å². The lowest BCUT2D eigenvalue weighted by molar-refractivity contribution is -0.0603. The van der Waals surface area contributed by atoms with Crippen molar-refractivity contribution in [2.75, 3.05) is 33.1 Å². The second-order valence-electron chi connectivity index (χ2n) is 14.5. The van der Waals surface area contributed by atoms with Crippen molar-refractivity contribution in [1.82, 2.24) is 0 Å². The van der Waals surface area contributed by atoms with Gasteiger partial charge in [0.25, 0.3) is 0 Å². The van der Waals surface area contributed by atoms with Crippen LogP contribution in [0.15, 0.2) is 0 Å². The number of aliphatic hydroxyl groups excluding tert-OH is 2. The van der Waals surface area contributed by atoms with Crippen LogP contribution in [0.2, 0.25) is 0 Å². The van der Waals surface area contributed by atoms with Crippen LogP contribution < -0.4 is 0 Å². The van der Waals surface area contributed by atoms with Gasteiger partial charge in [-0.2, -0.15) is 0 Å². The van der Waals surface area contributed by atoms with Crippen LogP contribution in [-0.2, 0) is 51.5 Å². The van der Waals surface area contributed by atoms with E-state index in [1.165, 1.54) is 6.66 Å². The lowest BCUT2D eigenvalue weighted by atomic mass is 9.96. The van der Waals surface area contributed by atoms with E-state index < -0.39 is 31.8 Å². The van der Waals surface area contributed by atoms with Crippen LogP contribution in [0.1, 0.15) is 88.5 Å². The predicted octanol–water partition coefficient (Wildman–Crippen LogP) is 2.74. The third-order valence-corrected chi connectivity index (χ3v) is 9.27. The Morgan fingerprint density at radius 1 is 0.615 bits per heavy atom. The van der Waals surface area contributed by atoms with Gasteiger partial charge in [0.1, 0.15) is 55.8 Å². The smallest absolute Gasteiger partial charge is 0.328 e. The molecule has 1 unspecified atom stereocenters. The fourth-order valence-corrected chi connectivity index (χ4v) is 6.96. The highest BCUT2D eigenvalue weighted by atomic mass is 31.2. The first-order chi connectivity index (χ1) is 23.8. The molecule has 0 spiro atoms. The van der Waals surface area contributed by atoms with Gasteiger partial charge < -0.3 is 57.2 Å². The fourth-order valence-electron chi connectivity index (χ4n) is 5.77. The van der Waals surface area contributed by atoms with Crippen molar-refractivity contribution in [3.63, 3.8) is 0 Å². The minimum atomic E-state index is -3.35. The molecule has 0 aromatic heterocycles. The Balaban J connectivity index is 0.000000447. The van der Waals surface area contributed by atoms with Crippen LogP contribution in [0.3, 0.4) is 0 Å². The molecule has 2 N–H and O–H groups in total. The van der Waals surface area contributed by atoms with Gasteiger partial charge in [-0.15, -0.1) is 0 Å². The largest absolute Gasteiger partial charge is 0.394 e. The number of ether oxygens (including phenoxy) is 8. The Hall–Kier alpha value is 0.00974. The maximum atomic E-state index is 12.8. The van der Waals surface area contributed by atoms with Crippen LogP contribution in [0.25, 0.3) is 0 Å². The van der Waals surface area contributed by atoms with Gasteiger partial charge >= 0.3 is 7.60 Å². The summed E-state index contributed by atoms with van der Waals surface area (Å²) in [6.07, 6.45) is 0.137. The highest BCUT2D eigenvalue weighted by Gasteiger charge is 2.40. The average Bonchev–Trinajstić information content (AvgIpc) is 3.74. The van der Waals surface area contributed by atoms with Gasteiger partial charge in [0, 0.05) is 30.7 Å². The SMILES string of the molecule is C.[B][C@H]1C[C@@H](O)[C@@H](COC(C)C)O1.[B][C@H]1C[C@@H](OC(C)C)[C@@H](CO)O1.[B][C@H]1C[C@@H](OC(C)C)[C@@H](COP(C)(=O)O[C@@H]2C[C@H]([B])O[C@@H]2COC(C)C)O1. The first-order valence-corrected chi connectivity index (χ1v) is 20.1. The number of hydrogen-bond acceptors (Lipinski definition) is 13. The second-order valence-corrected chi connectivity index (χ2v) is 16.5. The molecule has 18 heteroatoms. The van der Waals surface area contributed by atoms with E-state index in [1.54, 1.807) is 0 Å². The second kappa shape index (κ2) is 24.6. The molecule has 4 rings (SSSR count). The Bertz CT molecular complexity index is 1000. The Kier molecular flexibility index (Phi) is 23.7. The molecule has 4 aliphatic heterocycles. The van der Waals surface area contributed by atoms with Gasteiger partial charge in [-0.25, -0.2) is 0 Å². The standard InChI is InChI=1S/C17H31B2O7P.2C8H15BO3.CH4/c1-10(2)21-8-14-13(7-17(19)24-14)26-27(5,20)22-9-15-12(23-11(3)4)6-16(18)25-15;1-5(2)11-4-7-6(10)3-8(9)12-7;1-5(2)11-6-3-8(9)12-7(6)4-10;/h10-17H,6-9H2,1-5H3;2*5-8,10H,3-4H2,1-2H3;1H4/t12-,13-,14-,15-,16-,17-,27?;2*6-,7-,8-;/m111./s1. The molecule has 0 bridgehead atoms. The predicted molar refractivity (Wildman–Crippen MR) is 203 cm³/mol. The van der Waals surface area contributed by atoms with E-state index in [4.69, 9.17) is 83.4 Å². The third-order valence-electron chi connectivity index (χ3n) is 8.00. The van der Waals surface area contributed by atoms with Crippen LogP contribution in [-0.4, -0.2) is 172 Å². The molecule has 8 radical (unpaired) electrons. The summed E-state index contributed by atoms with van der Waals surface area (Å²) >= 11 is 0. The molecule has 0 aromatic rings. The first-order valence-electron chi connectivity index (χ1n) is 18.2. The zero-order chi connectivity index (χ0) is 38.5. The van der Waals surface area contributed by atoms with Crippen molar-refractivity contribution in [1.29, 1.82) is 0 Å². The van der Waals surface area contributed by atoms with Crippen molar-refractivity contribution >= 4 is 39.0 Å². The Morgan fingerprint density at radius 3 is 1.42 bits per heavy atom. The molecular formula is C34H65B4O13P. The molecule has 4 heterocycles. The maximum absolute atomic E-state index is 12.8. The van der Waals surface area contributed by atoms with E-state index >= 15 is 0 Å². The number of hydrogen-bond donors (Lipinski definition) is 2. The fraction of sp³-hybridized carbons (Fsp3) is 1.00. The highest BCUT2D eigenvalue weighted by Crippen LogP contribution is 2.48. The maximum Gasteiger partial charge on any atom is 0.328 e. The highest BCUT2D eigenvalue weighted by molar-refractivity contribution is 7.53. The van der Waals surface area contributed by atoms with E-state index in [1.807, 2.05) is 55.4 Å². The number of aliphatic hydroxyl groups is 2. The first kappa shape index (κ1) is 50.0. The van der Waals surface area contributed by atoms with Gasteiger partial charge in [-0.05, 0) is 81.1 Å². The molecule has 296 valence electrons. The summed E-state index contributed by atoms with van der Waals surface area (Å²) < 4.78 is 68.0. The van der Waals surface area contributed by atoms with E-state index in [0.717, 1.165) is 0 Å². The lowest BCUT2D eigenvalue weighted by Crippen LogP contribution is -2.32. The molecule has 4 saturated heterocycles. The summed E-state index contributed by atoms with van der Waals surface area (Å²) in [6.45, 7) is 17.8. The summed E-state index contributed by atoms with van der Waals surface area (Å²) in [4.78, 5) is 0. The van der Waals surface area contributed by atoms with Crippen molar-refractivity contribution in [2.24, 2.45) is 0 Å². The van der Waals surface area contributed by atoms with Crippen LogP contribution in [0, 0.1) is 0 Å². The van der Waals surface area contributed by atoms with Crippen LogP contribution >= 0.6 is 7.60 Å². The van der Waals surface area contributed by atoms with Crippen molar-refractivity contribution < 1.29 is 61.7 Å². The molecule has 13 atom stereocenters. The van der Waals surface area contributed by atoms with E-state index in [2.05, 4.69) is 0 Å². The molecular weight excluding hydrogens is 691 g/mol. The molecule has 0 aromatic carbocycles. The van der Waals surface area contributed by atoms with Gasteiger partial charge in [0.05, 0.1) is 75.3 Å². The molecule has 4 fully saturated rings. The normalized spacial score (nSPS) is 35.7. The zero-order valence-corrected chi connectivity index (χ0v) is 32.9. The summed E-state index contributed by atoms with van der Waals surface area (Å²) in [5, 5.41) is 18.3. The van der Waals surface area contributed by atoms with Crippen molar-refractivity contribution in [3.05, 3.63) is 0 Å². The van der Waals surface area contributed by atoms with E-state index in [-0.39, 0.29) is 93.7 Å². The van der Waals surface area contributed by atoms with Crippen LogP contribution in [0.4, 0.5) is 0 Å². The zero-order valence-electron chi connectivity index (χ0n) is 32.0. The van der Waals surface area contributed by atoms with E-state index in [9.17, 15) is 9.67 Å².